The third kappa shape index (κ3) is 4.70. The van der Waals surface area contributed by atoms with Gasteiger partial charge in [-0.2, -0.15) is 0 Å². The summed E-state index contributed by atoms with van der Waals surface area (Å²) in [6.07, 6.45) is 3.61. The van der Waals surface area contributed by atoms with Crippen molar-refractivity contribution in [2.45, 2.75) is 37.0 Å². The van der Waals surface area contributed by atoms with Crippen LogP contribution in [0.4, 0.5) is 4.79 Å². The first-order chi connectivity index (χ1) is 11.4. The van der Waals surface area contributed by atoms with Crippen LogP contribution in [0.2, 0.25) is 0 Å². The quantitative estimate of drug-likeness (QED) is 0.785. The summed E-state index contributed by atoms with van der Waals surface area (Å²) in [5, 5.41) is 2.22. The second-order valence-corrected chi connectivity index (χ2v) is 7.18. The number of carbonyl (C=O) groups is 3. The fourth-order valence-corrected chi connectivity index (χ4v) is 3.45. The van der Waals surface area contributed by atoms with E-state index in [1.165, 1.54) is 18.0 Å². The van der Waals surface area contributed by atoms with Gasteiger partial charge in [0.25, 0.3) is 5.91 Å². The minimum Gasteiger partial charge on any atom is -0.351 e. The lowest BCUT2D eigenvalue weighted by atomic mass is 10.1. The molecule has 0 bridgehead atoms. The third-order valence-corrected chi connectivity index (χ3v) is 5.23. The van der Waals surface area contributed by atoms with Gasteiger partial charge >= 0.3 is 6.03 Å². The first kappa shape index (κ1) is 18.3. The molecule has 130 valence electrons. The van der Waals surface area contributed by atoms with Gasteiger partial charge in [0.15, 0.2) is 0 Å². The average molecular weight is 350 g/mol. The number of nitrogens with one attached hydrogen (secondary N) is 1. The molecule has 1 aliphatic heterocycles. The summed E-state index contributed by atoms with van der Waals surface area (Å²) in [5.41, 5.74) is 5.55. The van der Waals surface area contributed by atoms with Gasteiger partial charge in [0.1, 0.15) is 0 Å². The monoisotopic (exact) mass is 350 g/mol. The highest BCUT2D eigenvalue weighted by Gasteiger charge is 2.25. The first-order valence-corrected chi connectivity index (χ1v) is 8.78. The number of pyridine rings is 1. The van der Waals surface area contributed by atoms with Gasteiger partial charge in [0, 0.05) is 19.3 Å². The Labute approximate surface area is 145 Å². The SMILES string of the molecule is CC(C)C(Sc1ccc(C(=O)N2CCCC2)cn1)C(=O)NC(N)=O. The maximum Gasteiger partial charge on any atom is 0.318 e. The van der Waals surface area contributed by atoms with Crippen molar-refractivity contribution in [3.63, 3.8) is 0 Å². The Hall–Kier alpha value is -2.09. The molecule has 2 rings (SSSR count). The smallest absolute Gasteiger partial charge is 0.318 e. The molecular formula is C16H22N4O3S. The number of thioether (sulfide) groups is 1. The average Bonchev–Trinajstić information content (AvgIpc) is 3.05. The van der Waals surface area contributed by atoms with Gasteiger partial charge in [-0.15, -0.1) is 0 Å². The highest BCUT2D eigenvalue weighted by molar-refractivity contribution is 8.00. The normalized spacial score (nSPS) is 15.4. The molecule has 1 unspecified atom stereocenters. The number of urea groups is 1. The van der Waals surface area contributed by atoms with Crippen molar-refractivity contribution in [1.82, 2.24) is 15.2 Å². The molecule has 1 aromatic heterocycles. The Morgan fingerprint density at radius 2 is 1.92 bits per heavy atom. The van der Waals surface area contributed by atoms with Gasteiger partial charge in [-0.1, -0.05) is 25.6 Å². The number of primary amides is 1. The van der Waals surface area contributed by atoms with E-state index in [1.54, 1.807) is 12.1 Å². The summed E-state index contributed by atoms with van der Waals surface area (Å²) >= 11 is 1.24. The highest BCUT2D eigenvalue weighted by atomic mass is 32.2. The first-order valence-electron chi connectivity index (χ1n) is 7.90. The number of rotatable bonds is 5. The molecule has 0 spiro atoms. The van der Waals surface area contributed by atoms with E-state index >= 15 is 0 Å². The number of imide groups is 1. The van der Waals surface area contributed by atoms with E-state index in [9.17, 15) is 14.4 Å². The van der Waals surface area contributed by atoms with Crippen molar-refractivity contribution in [3.05, 3.63) is 23.9 Å². The second kappa shape index (κ2) is 8.14. The van der Waals surface area contributed by atoms with Crippen molar-refractivity contribution in [1.29, 1.82) is 0 Å². The van der Waals surface area contributed by atoms with Crippen molar-refractivity contribution < 1.29 is 14.4 Å². The molecule has 0 radical (unpaired) electrons. The second-order valence-electron chi connectivity index (χ2n) is 6.02. The third-order valence-electron chi connectivity index (χ3n) is 3.73. The van der Waals surface area contributed by atoms with Crippen LogP contribution in [-0.4, -0.2) is 46.1 Å². The number of hydrogen-bond donors (Lipinski definition) is 2. The molecule has 7 nitrogen and oxygen atoms in total. The molecule has 1 atom stereocenters. The van der Waals surface area contributed by atoms with Gasteiger partial charge in [-0.3, -0.25) is 14.9 Å². The number of likely N-dealkylation sites (tertiary alicyclic amines) is 1. The number of nitrogens with two attached hydrogens (primary N) is 1. The zero-order valence-corrected chi connectivity index (χ0v) is 14.6. The minimum atomic E-state index is -0.870. The molecule has 3 N–H and O–H groups in total. The fourth-order valence-electron chi connectivity index (χ4n) is 2.49. The van der Waals surface area contributed by atoms with Crippen LogP contribution in [0, 0.1) is 5.92 Å². The van der Waals surface area contributed by atoms with Crippen LogP contribution in [0.25, 0.3) is 0 Å². The molecule has 0 saturated carbocycles. The molecule has 1 aliphatic rings. The highest BCUT2D eigenvalue weighted by Crippen LogP contribution is 2.27. The van der Waals surface area contributed by atoms with Crippen molar-refractivity contribution >= 4 is 29.6 Å². The van der Waals surface area contributed by atoms with Gasteiger partial charge in [-0.05, 0) is 30.9 Å². The maximum absolute atomic E-state index is 12.3. The van der Waals surface area contributed by atoms with Gasteiger partial charge in [0.2, 0.25) is 5.91 Å². The van der Waals surface area contributed by atoms with E-state index in [4.69, 9.17) is 5.73 Å². The molecule has 1 aromatic rings. The number of hydrogen-bond acceptors (Lipinski definition) is 5. The van der Waals surface area contributed by atoms with Crippen LogP contribution in [0.5, 0.6) is 0 Å². The van der Waals surface area contributed by atoms with Gasteiger partial charge in [-0.25, -0.2) is 9.78 Å². The lowest BCUT2D eigenvalue weighted by Crippen LogP contribution is -2.42. The molecule has 1 saturated heterocycles. The number of aromatic nitrogens is 1. The summed E-state index contributed by atoms with van der Waals surface area (Å²) in [4.78, 5) is 41.3. The van der Waals surface area contributed by atoms with Gasteiger partial charge < -0.3 is 10.6 Å². The molecule has 24 heavy (non-hydrogen) atoms. The van der Waals surface area contributed by atoms with E-state index in [-0.39, 0.29) is 11.8 Å². The molecule has 4 amide bonds. The largest absolute Gasteiger partial charge is 0.351 e. The minimum absolute atomic E-state index is 0.0107. The van der Waals surface area contributed by atoms with Crippen LogP contribution in [0.3, 0.4) is 0 Å². The summed E-state index contributed by atoms with van der Waals surface area (Å²) in [6.45, 7) is 5.34. The maximum atomic E-state index is 12.3. The number of carbonyl (C=O) groups excluding carboxylic acids is 3. The lowest BCUT2D eigenvalue weighted by molar-refractivity contribution is -0.120. The predicted molar refractivity (Wildman–Crippen MR) is 91.6 cm³/mol. The van der Waals surface area contributed by atoms with Crippen molar-refractivity contribution in [3.8, 4) is 0 Å². The Morgan fingerprint density at radius 3 is 2.42 bits per heavy atom. The van der Waals surface area contributed by atoms with Gasteiger partial charge in [0.05, 0.1) is 15.8 Å². The van der Waals surface area contributed by atoms with Crippen molar-refractivity contribution in [2.75, 3.05) is 13.1 Å². The van der Waals surface area contributed by atoms with Crippen LogP contribution in [0.1, 0.15) is 37.0 Å². The van der Waals surface area contributed by atoms with Crippen LogP contribution >= 0.6 is 11.8 Å². The summed E-state index contributed by atoms with van der Waals surface area (Å²) in [5.74, 6) is -0.466. The molecular weight excluding hydrogens is 328 g/mol. The molecule has 1 fully saturated rings. The topological polar surface area (TPSA) is 105 Å². The predicted octanol–water partition coefficient (Wildman–Crippen LogP) is 1.63. The van der Waals surface area contributed by atoms with Crippen LogP contribution < -0.4 is 11.1 Å². The lowest BCUT2D eigenvalue weighted by Gasteiger charge is -2.18. The summed E-state index contributed by atoms with van der Waals surface area (Å²) < 4.78 is 0. The van der Waals surface area contributed by atoms with Crippen molar-refractivity contribution in [2.24, 2.45) is 11.7 Å². The molecule has 0 aromatic carbocycles. The zero-order chi connectivity index (χ0) is 17.7. The Balaban J connectivity index is 2.04. The van der Waals surface area contributed by atoms with E-state index in [0.29, 0.717) is 10.6 Å². The molecule has 2 heterocycles. The standard InChI is InChI=1S/C16H22N4O3S/c1-10(2)13(14(21)19-16(17)23)24-12-6-5-11(9-18-12)15(22)20-7-3-4-8-20/h5-6,9-10,13H,3-4,7-8H2,1-2H3,(H3,17,19,21,23). The van der Waals surface area contributed by atoms with E-state index in [0.717, 1.165) is 25.9 Å². The fraction of sp³-hybridized carbons (Fsp3) is 0.500. The van der Waals surface area contributed by atoms with Crippen LogP contribution in [0.15, 0.2) is 23.4 Å². The Bertz CT molecular complexity index is 612. The van der Waals surface area contributed by atoms with E-state index in [1.807, 2.05) is 18.7 Å². The molecule has 8 heteroatoms. The number of amides is 4. The van der Waals surface area contributed by atoms with E-state index < -0.39 is 17.2 Å². The molecule has 0 aliphatic carbocycles. The summed E-state index contributed by atoms with van der Waals surface area (Å²) in [6, 6.07) is 2.58. The summed E-state index contributed by atoms with van der Waals surface area (Å²) in [7, 11) is 0. The van der Waals surface area contributed by atoms with E-state index in [2.05, 4.69) is 10.3 Å². The zero-order valence-electron chi connectivity index (χ0n) is 13.8. The number of nitrogens with zero attached hydrogens (tertiary/aromatic N) is 2. The Kier molecular flexibility index (Phi) is 6.19. The Morgan fingerprint density at radius 1 is 1.25 bits per heavy atom. The van der Waals surface area contributed by atoms with Crippen LogP contribution in [-0.2, 0) is 4.79 Å².